The lowest BCUT2D eigenvalue weighted by Gasteiger charge is -2.11. The lowest BCUT2D eigenvalue weighted by molar-refractivity contribution is 0.101. The van der Waals surface area contributed by atoms with Crippen LogP contribution in [0.2, 0.25) is 0 Å². The largest absolute Gasteiger partial charge is 0.455 e. The second kappa shape index (κ2) is 5.49. The number of nitrogens with zero attached hydrogens (tertiary/aromatic N) is 1. The maximum atomic E-state index is 13.6. The van der Waals surface area contributed by atoms with Gasteiger partial charge in [-0.25, -0.2) is 8.78 Å². The maximum absolute atomic E-state index is 13.6. The van der Waals surface area contributed by atoms with E-state index in [4.69, 9.17) is 10.00 Å². The van der Waals surface area contributed by atoms with Gasteiger partial charge in [0.15, 0.2) is 5.78 Å². The highest BCUT2D eigenvalue weighted by Gasteiger charge is 2.17. The molecule has 0 fully saturated rings. The summed E-state index contributed by atoms with van der Waals surface area (Å²) in [5, 5.41) is 8.90. The summed E-state index contributed by atoms with van der Waals surface area (Å²) in [5.41, 5.74) is -0.535. The van der Waals surface area contributed by atoms with E-state index in [-0.39, 0.29) is 22.6 Å². The number of hydrogen-bond donors (Lipinski definition) is 0. The lowest BCUT2D eigenvalue weighted by Crippen LogP contribution is -2.02. The molecule has 5 heteroatoms. The van der Waals surface area contributed by atoms with Crippen molar-refractivity contribution in [1.29, 1.82) is 5.26 Å². The van der Waals surface area contributed by atoms with Gasteiger partial charge < -0.3 is 4.74 Å². The Morgan fingerprint density at radius 1 is 1.10 bits per heavy atom. The average molecular weight is 273 g/mol. The van der Waals surface area contributed by atoms with Gasteiger partial charge in [-0.3, -0.25) is 4.79 Å². The van der Waals surface area contributed by atoms with Gasteiger partial charge in [0.2, 0.25) is 0 Å². The summed E-state index contributed by atoms with van der Waals surface area (Å²) in [6.07, 6.45) is 0. The fraction of sp³-hybridized carbons (Fsp3) is 0.0667. The van der Waals surface area contributed by atoms with Crippen molar-refractivity contribution in [2.24, 2.45) is 0 Å². The van der Waals surface area contributed by atoms with E-state index in [9.17, 15) is 13.6 Å². The third-order valence-corrected chi connectivity index (χ3v) is 2.63. The Bertz CT molecular complexity index is 720. The molecule has 0 atom stereocenters. The van der Waals surface area contributed by atoms with E-state index in [1.165, 1.54) is 31.2 Å². The predicted octanol–water partition coefficient (Wildman–Crippen LogP) is 3.83. The highest BCUT2D eigenvalue weighted by molar-refractivity contribution is 5.97. The van der Waals surface area contributed by atoms with Gasteiger partial charge in [-0.05, 0) is 31.2 Å². The van der Waals surface area contributed by atoms with E-state index < -0.39 is 17.4 Å². The third-order valence-electron chi connectivity index (χ3n) is 2.63. The molecule has 100 valence electrons. The van der Waals surface area contributed by atoms with Gasteiger partial charge in [-0.2, -0.15) is 5.26 Å². The highest BCUT2D eigenvalue weighted by Crippen LogP contribution is 2.30. The fourth-order valence-corrected chi connectivity index (χ4v) is 1.75. The molecule has 0 aliphatic carbocycles. The Morgan fingerprint density at radius 3 is 2.30 bits per heavy atom. The molecule has 0 bridgehead atoms. The topological polar surface area (TPSA) is 50.1 Å². The quantitative estimate of drug-likeness (QED) is 0.798. The summed E-state index contributed by atoms with van der Waals surface area (Å²) < 4.78 is 32.4. The van der Waals surface area contributed by atoms with Crippen LogP contribution in [0.3, 0.4) is 0 Å². The fourth-order valence-electron chi connectivity index (χ4n) is 1.75. The maximum Gasteiger partial charge on any atom is 0.166 e. The standard InChI is InChI=1S/C15H9F2NO2/c1-9(19)15-12(17)5-3-7-14(15)20-13-6-2-4-11(16)10(13)8-18/h2-7H,1H3. The summed E-state index contributed by atoms with van der Waals surface area (Å²) in [4.78, 5) is 11.4. The van der Waals surface area contributed by atoms with Crippen molar-refractivity contribution >= 4 is 5.78 Å². The molecule has 0 aliphatic heterocycles. The van der Waals surface area contributed by atoms with Crippen molar-refractivity contribution in [3.8, 4) is 17.6 Å². The second-order valence-electron chi connectivity index (χ2n) is 4.00. The van der Waals surface area contributed by atoms with Crippen molar-refractivity contribution in [2.75, 3.05) is 0 Å². The molecule has 0 radical (unpaired) electrons. The summed E-state index contributed by atoms with van der Waals surface area (Å²) in [6.45, 7) is 1.20. The van der Waals surface area contributed by atoms with Crippen LogP contribution in [0, 0.1) is 23.0 Å². The Morgan fingerprint density at radius 2 is 1.70 bits per heavy atom. The minimum atomic E-state index is -0.745. The van der Waals surface area contributed by atoms with Crippen molar-refractivity contribution in [3.05, 3.63) is 59.2 Å². The van der Waals surface area contributed by atoms with Crippen LogP contribution in [0.4, 0.5) is 8.78 Å². The van der Waals surface area contributed by atoms with Gasteiger partial charge in [0.05, 0.1) is 5.56 Å². The van der Waals surface area contributed by atoms with Crippen LogP contribution in [0.5, 0.6) is 11.5 Å². The van der Waals surface area contributed by atoms with Crippen LogP contribution < -0.4 is 4.74 Å². The van der Waals surface area contributed by atoms with Crippen molar-refractivity contribution in [3.63, 3.8) is 0 Å². The zero-order valence-electron chi connectivity index (χ0n) is 10.5. The van der Waals surface area contributed by atoms with Crippen molar-refractivity contribution < 1.29 is 18.3 Å². The molecule has 2 rings (SSSR count). The molecule has 0 spiro atoms. The van der Waals surface area contributed by atoms with Gasteiger partial charge in [0.1, 0.15) is 34.8 Å². The van der Waals surface area contributed by atoms with Crippen LogP contribution in [-0.2, 0) is 0 Å². The summed E-state index contributed by atoms with van der Waals surface area (Å²) in [7, 11) is 0. The SMILES string of the molecule is CC(=O)c1c(F)cccc1Oc1cccc(F)c1C#N. The van der Waals surface area contributed by atoms with Crippen LogP contribution in [-0.4, -0.2) is 5.78 Å². The number of Topliss-reactive ketones (excluding diaryl/α,β-unsaturated/α-hetero) is 1. The van der Waals surface area contributed by atoms with Gasteiger partial charge in [-0.15, -0.1) is 0 Å². The van der Waals surface area contributed by atoms with Crippen LogP contribution in [0.15, 0.2) is 36.4 Å². The number of carbonyl (C=O) groups is 1. The number of halogens is 2. The Balaban J connectivity index is 2.52. The van der Waals surface area contributed by atoms with E-state index >= 15 is 0 Å². The third kappa shape index (κ3) is 2.50. The first-order valence-electron chi connectivity index (χ1n) is 5.70. The first-order valence-corrected chi connectivity index (χ1v) is 5.70. The van der Waals surface area contributed by atoms with Gasteiger partial charge in [0, 0.05) is 0 Å². The monoisotopic (exact) mass is 273 g/mol. The summed E-state index contributed by atoms with van der Waals surface area (Å²) in [6, 6.07) is 9.38. The van der Waals surface area contributed by atoms with Crippen molar-refractivity contribution in [2.45, 2.75) is 6.92 Å². The Hall–Kier alpha value is -2.74. The van der Waals surface area contributed by atoms with E-state index in [2.05, 4.69) is 0 Å². The molecule has 20 heavy (non-hydrogen) atoms. The average Bonchev–Trinajstić information content (AvgIpc) is 2.38. The normalized spacial score (nSPS) is 9.90. The van der Waals surface area contributed by atoms with Gasteiger partial charge >= 0.3 is 0 Å². The number of ether oxygens (including phenoxy) is 1. The minimum absolute atomic E-state index is 0.0559. The lowest BCUT2D eigenvalue weighted by atomic mass is 10.1. The van der Waals surface area contributed by atoms with E-state index in [1.807, 2.05) is 0 Å². The molecular formula is C15H9F2NO2. The van der Waals surface area contributed by atoms with E-state index in [0.717, 1.165) is 12.1 Å². The van der Waals surface area contributed by atoms with Crippen LogP contribution in [0.25, 0.3) is 0 Å². The summed E-state index contributed by atoms with van der Waals surface area (Å²) in [5.74, 6) is -2.12. The number of rotatable bonds is 3. The molecule has 0 aromatic heterocycles. The molecule has 0 amide bonds. The number of hydrogen-bond acceptors (Lipinski definition) is 3. The van der Waals surface area contributed by atoms with Crippen LogP contribution in [0.1, 0.15) is 22.8 Å². The zero-order valence-corrected chi connectivity index (χ0v) is 10.5. The second-order valence-corrected chi connectivity index (χ2v) is 4.00. The number of nitriles is 1. The smallest absolute Gasteiger partial charge is 0.166 e. The van der Waals surface area contributed by atoms with E-state index in [0.29, 0.717) is 0 Å². The van der Waals surface area contributed by atoms with Crippen LogP contribution >= 0.6 is 0 Å². The highest BCUT2D eigenvalue weighted by atomic mass is 19.1. The molecule has 0 N–H and O–H groups in total. The zero-order chi connectivity index (χ0) is 14.7. The number of benzene rings is 2. The first kappa shape index (κ1) is 13.7. The van der Waals surface area contributed by atoms with Crippen molar-refractivity contribution in [1.82, 2.24) is 0 Å². The van der Waals surface area contributed by atoms with Gasteiger partial charge in [0.25, 0.3) is 0 Å². The first-order chi connectivity index (χ1) is 9.54. The van der Waals surface area contributed by atoms with Gasteiger partial charge in [-0.1, -0.05) is 12.1 Å². The molecule has 0 saturated carbocycles. The Labute approximate surface area is 114 Å². The Kier molecular flexibility index (Phi) is 3.76. The summed E-state index contributed by atoms with van der Waals surface area (Å²) >= 11 is 0. The van der Waals surface area contributed by atoms with E-state index in [1.54, 1.807) is 6.07 Å². The molecule has 0 unspecified atom stereocenters. The molecule has 0 aliphatic rings. The molecule has 0 saturated heterocycles. The molecular weight excluding hydrogens is 264 g/mol. The molecule has 2 aromatic carbocycles. The molecule has 2 aromatic rings. The number of carbonyl (C=O) groups excluding carboxylic acids is 1. The minimum Gasteiger partial charge on any atom is -0.455 e. The predicted molar refractivity (Wildman–Crippen MR) is 67.6 cm³/mol. The number of ketones is 1. The molecule has 3 nitrogen and oxygen atoms in total. The molecule has 0 heterocycles.